The van der Waals surface area contributed by atoms with E-state index in [0.717, 1.165) is 0 Å². The Kier molecular flexibility index (Phi) is 7.72. The van der Waals surface area contributed by atoms with Crippen LogP contribution in [0.2, 0.25) is 0 Å². The van der Waals surface area contributed by atoms with E-state index in [1.54, 1.807) is 0 Å². The molecule has 4 unspecified atom stereocenters. The van der Waals surface area contributed by atoms with Crippen LogP contribution in [0.5, 0.6) is 0 Å². The maximum Gasteiger partial charge on any atom is 0.324 e. The van der Waals surface area contributed by atoms with Crippen molar-refractivity contribution in [2.24, 2.45) is 23.7 Å². The molecule has 46 heavy (non-hydrogen) atoms. The number of imide groups is 2. The third-order valence-electron chi connectivity index (χ3n) is 7.24. The SMILES string of the molecule is O=C1C2CC3C(=O)N(OS(=O)(=O)c4c(F)c(F)c(F)c(F)c4F)C(=O)C3CC2C(=O)N1OS(=O)(=O)c1c(F)c(F)c(F)c(F)c1F. The fourth-order valence-corrected chi connectivity index (χ4v) is 7.21. The average Bonchev–Trinajstić information content (AvgIpc) is 3.35. The van der Waals surface area contributed by atoms with E-state index in [1.165, 1.54) is 0 Å². The van der Waals surface area contributed by atoms with E-state index in [0.29, 0.717) is 0 Å². The molecule has 24 heteroatoms. The molecular weight excluding hydrogens is 706 g/mol. The number of carbonyl (C=O) groups excluding carboxylic acids is 4. The van der Waals surface area contributed by atoms with Crippen molar-refractivity contribution >= 4 is 43.9 Å². The Morgan fingerprint density at radius 1 is 0.413 bits per heavy atom. The van der Waals surface area contributed by atoms with Gasteiger partial charge in [-0.1, -0.05) is 0 Å². The van der Waals surface area contributed by atoms with Crippen molar-refractivity contribution in [1.29, 1.82) is 0 Å². The summed E-state index contributed by atoms with van der Waals surface area (Å²) in [7, 11) is -12.3. The second-order valence-corrected chi connectivity index (χ2v) is 12.6. The molecule has 12 nitrogen and oxygen atoms in total. The number of carbonyl (C=O) groups is 4. The molecule has 1 saturated carbocycles. The Morgan fingerprint density at radius 2 is 0.609 bits per heavy atom. The van der Waals surface area contributed by atoms with Crippen molar-refractivity contribution in [1.82, 2.24) is 10.1 Å². The Balaban J connectivity index is 1.40. The fourth-order valence-electron chi connectivity index (χ4n) is 5.14. The third kappa shape index (κ3) is 4.64. The highest BCUT2D eigenvalue weighted by atomic mass is 32.2. The average molecular weight is 714 g/mol. The Morgan fingerprint density at radius 3 is 0.826 bits per heavy atom. The maximum absolute atomic E-state index is 14.1. The van der Waals surface area contributed by atoms with Gasteiger partial charge in [0.05, 0.1) is 23.7 Å². The fraction of sp³-hybridized carbons (Fsp3) is 0.273. The zero-order chi connectivity index (χ0) is 34.5. The lowest BCUT2D eigenvalue weighted by Gasteiger charge is -2.27. The molecule has 4 atom stereocenters. The van der Waals surface area contributed by atoms with E-state index in [1.807, 2.05) is 0 Å². The van der Waals surface area contributed by atoms with Crippen LogP contribution in [-0.4, -0.2) is 50.6 Å². The molecule has 0 radical (unpaired) electrons. The Bertz CT molecular complexity index is 1790. The van der Waals surface area contributed by atoms with E-state index in [4.69, 9.17) is 0 Å². The van der Waals surface area contributed by atoms with Gasteiger partial charge in [-0.25, -0.2) is 43.9 Å². The number of benzene rings is 2. The highest BCUT2D eigenvalue weighted by Crippen LogP contribution is 2.48. The van der Waals surface area contributed by atoms with Crippen LogP contribution in [0.3, 0.4) is 0 Å². The molecule has 1 aliphatic carbocycles. The van der Waals surface area contributed by atoms with E-state index in [9.17, 15) is 79.9 Å². The maximum atomic E-state index is 14.1. The van der Waals surface area contributed by atoms with Gasteiger partial charge in [-0.2, -0.15) is 16.8 Å². The minimum Gasteiger partial charge on any atom is -0.272 e. The highest BCUT2D eigenvalue weighted by molar-refractivity contribution is 7.87. The van der Waals surface area contributed by atoms with Gasteiger partial charge < -0.3 is 0 Å². The summed E-state index contributed by atoms with van der Waals surface area (Å²) in [6.45, 7) is 0. The third-order valence-corrected chi connectivity index (χ3v) is 9.65. The van der Waals surface area contributed by atoms with Gasteiger partial charge in [0.25, 0.3) is 23.6 Å². The van der Waals surface area contributed by atoms with Gasteiger partial charge in [-0.3, -0.25) is 19.2 Å². The summed E-state index contributed by atoms with van der Waals surface area (Å²) >= 11 is 0. The number of hydrogen-bond acceptors (Lipinski definition) is 10. The first-order valence-electron chi connectivity index (χ1n) is 11.8. The van der Waals surface area contributed by atoms with Crippen molar-refractivity contribution in [3.8, 4) is 0 Å². The van der Waals surface area contributed by atoms with E-state index in [2.05, 4.69) is 8.57 Å². The first-order valence-corrected chi connectivity index (χ1v) is 14.6. The minimum atomic E-state index is -6.17. The minimum absolute atomic E-state index is 0.624. The van der Waals surface area contributed by atoms with Gasteiger partial charge in [0, 0.05) is 0 Å². The van der Waals surface area contributed by atoms with Gasteiger partial charge in [-0.05, 0) is 12.8 Å². The molecule has 0 N–H and O–H groups in total. The van der Waals surface area contributed by atoms with Gasteiger partial charge in [-0.15, -0.1) is 18.7 Å². The molecule has 0 aromatic heterocycles. The molecule has 2 saturated heterocycles. The normalized spacial score (nSPS) is 23.4. The molecule has 4 amide bonds. The number of hydroxylamine groups is 4. The van der Waals surface area contributed by atoms with Crippen LogP contribution in [-0.2, 0) is 48.0 Å². The summed E-state index contributed by atoms with van der Waals surface area (Å²) in [5.74, 6) is -42.0. The van der Waals surface area contributed by atoms with Gasteiger partial charge in [0.15, 0.2) is 56.3 Å². The number of hydrogen-bond donors (Lipinski definition) is 0. The number of rotatable bonds is 6. The van der Waals surface area contributed by atoms with Gasteiger partial charge in [0.2, 0.25) is 11.6 Å². The number of halogens is 10. The zero-order valence-electron chi connectivity index (χ0n) is 21.3. The first kappa shape index (κ1) is 33.2. The van der Waals surface area contributed by atoms with Crippen molar-refractivity contribution in [3.63, 3.8) is 0 Å². The lowest BCUT2D eigenvalue weighted by Crippen LogP contribution is -2.36. The van der Waals surface area contributed by atoms with Crippen LogP contribution in [0.25, 0.3) is 0 Å². The largest absolute Gasteiger partial charge is 0.324 e. The second kappa shape index (κ2) is 10.7. The van der Waals surface area contributed by atoms with Gasteiger partial charge >= 0.3 is 20.2 Å². The standard InChI is InChI=1S/C22H8F10N2O10S2/c23-7-9(25)13(29)17(14(30)10(7)26)45(39,40)43-33-19(35)3-1-4-6(2-5(3)21(33)37)22(38)34(20(4)36)44-46(41,42)18-15(31)11(27)8(24)12(28)16(18)32/h3-6H,1-2H2. The summed E-state index contributed by atoms with van der Waals surface area (Å²) in [5.41, 5.74) is 0. The smallest absolute Gasteiger partial charge is 0.272 e. The predicted molar refractivity (Wildman–Crippen MR) is 116 cm³/mol. The number of fused-ring (bicyclic) bond motifs is 2. The van der Waals surface area contributed by atoms with Crippen LogP contribution >= 0.6 is 0 Å². The highest BCUT2D eigenvalue weighted by Gasteiger charge is 2.62. The molecule has 2 aromatic rings. The van der Waals surface area contributed by atoms with Crippen LogP contribution in [0.4, 0.5) is 43.9 Å². The van der Waals surface area contributed by atoms with Crippen LogP contribution in [0.15, 0.2) is 9.79 Å². The first-order chi connectivity index (χ1) is 21.2. The van der Waals surface area contributed by atoms with Crippen molar-refractivity contribution < 1.29 is 88.5 Å². The summed E-state index contributed by atoms with van der Waals surface area (Å²) in [6, 6.07) is 0. The van der Waals surface area contributed by atoms with E-state index < -0.39 is 158 Å². The summed E-state index contributed by atoms with van der Waals surface area (Å²) < 4.78 is 195. The quantitative estimate of drug-likeness (QED) is 0.187. The van der Waals surface area contributed by atoms with E-state index >= 15 is 0 Å². The molecule has 3 aliphatic rings. The van der Waals surface area contributed by atoms with Crippen LogP contribution < -0.4 is 0 Å². The Labute approximate surface area is 247 Å². The summed E-state index contributed by atoms with van der Waals surface area (Å²) in [4.78, 5) is 46.3. The molecule has 2 heterocycles. The van der Waals surface area contributed by atoms with Crippen LogP contribution in [0, 0.1) is 81.8 Å². The monoisotopic (exact) mass is 714 g/mol. The molecule has 2 aromatic carbocycles. The van der Waals surface area contributed by atoms with E-state index in [-0.39, 0.29) is 0 Å². The lowest BCUT2D eigenvalue weighted by atomic mass is 9.70. The van der Waals surface area contributed by atoms with Crippen molar-refractivity contribution in [2.45, 2.75) is 22.6 Å². The Hall–Kier alpha value is -4.16. The molecule has 0 bridgehead atoms. The predicted octanol–water partition coefficient (Wildman–Crippen LogP) is 2.01. The molecule has 2 aliphatic heterocycles. The lowest BCUT2D eigenvalue weighted by molar-refractivity contribution is -0.166. The topological polar surface area (TPSA) is 161 Å². The van der Waals surface area contributed by atoms with Gasteiger partial charge in [0.1, 0.15) is 0 Å². The molecule has 0 spiro atoms. The molecule has 248 valence electrons. The zero-order valence-corrected chi connectivity index (χ0v) is 22.9. The molecular formula is C22H8F10N2O10S2. The number of nitrogens with zero attached hydrogens (tertiary/aromatic N) is 2. The van der Waals surface area contributed by atoms with Crippen molar-refractivity contribution in [3.05, 3.63) is 58.2 Å². The number of amides is 4. The van der Waals surface area contributed by atoms with Crippen LogP contribution in [0.1, 0.15) is 12.8 Å². The molecule has 5 rings (SSSR count). The van der Waals surface area contributed by atoms with Crippen molar-refractivity contribution in [2.75, 3.05) is 0 Å². The summed E-state index contributed by atoms with van der Waals surface area (Å²) in [5, 5.41) is -1.25. The molecule has 3 fully saturated rings. The summed E-state index contributed by atoms with van der Waals surface area (Å²) in [6.07, 6.45) is -1.84. The second-order valence-electron chi connectivity index (χ2n) is 9.69.